The molecule has 0 aliphatic carbocycles. The van der Waals surface area contributed by atoms with Crippen LogP contribution in [-0.4, -0.2) is 26.5 Å². The second-order valence-corrected chi connectivity index (χ2v) is 8.98. The van der Waals surface area contributed by atoms with E-state index in [0.717, 1.165) is 16.8 Å². The minimum absolute atomic E-state index is 0.185. The summed E-state index contributed by atoms with van der Waals surface area (Å²) in [5.41, 5.74) is 2.93. The highest BCUT2D eigenvalue weighted by Gasteiger charge is 2.19. The Labute approximate surface area is 169 Å². The van der Waals surface area contributed by atoms with Crippen molar-refractivity contribution < 1.29 is 9.32 Å². The first kappa shape index (κ1) is 19.7. The van der Waals surface area contributed by atoms with Crippen molar-refractivity contribution >= 4 is 57.2 Å². The quantitative estimate of drug-likeness (QED) is 0.540. The Balaban J connectivity index is 1.63. The maximum absolute atomic E-state index is 12.3. The second kappa shape index (κ2) is 8.28. The summed E-state index contributed by atoms with van der Waals surface area (Å²) < 4.78 is 5.62. The molecule has 1 atom stereocenters. The van der Waals surface area contributed by atoms with E-state index < -0.39 is 0 Å². The van der Waals surface area contributed by atoms with Crippen LogP contribution in [0.3, 0.4) is 0 Å². The molecule has 0 radical (unpaired) electrons. The van der Waals surface area contributed by atoms with Crippen molar-refractivity contribution in [2.75, 3.05) is 10.6 Å². The SMILES string of the molecule is Cc1cc(C)c(Nc2nnc(SC(C)C(=O)Nc3cc(C)on3)s2)c(Cl)c1. The van der Waals surface area contributed by atoms with Crippen LogP contribution in [0, 0.1) is 20.8 Å². The maximum atomic E-state index is 12.3. The third kappa shape index (κ3) is 5.00. The van der Waals surface area contributed by atoms with E-state index in [2.05, 4.69) is 26.0 Å². The average molecular weight is 424 g/mol. The Morgan fingerprint density at radius 1 is 1.26 bits per heavy atom. The normalized spacial score (nSPS) is 12.0. The number of carbonyl (C=O) groups is 1. The van der Waals surface area contributed by atoms with Crippen LogP contribution in [-0.2, 0) is 4.79 Å². The smallest absolute Gasteiger partial charge is 0.238 e. The topological polar surface area (TPSA) is 92.9 Å². The summed E-state index contributed by atoms with van der Waals surface area (Å²) in [6, 6.07) is 5.60. The van der Waals surface area contributed by atoms with Gasteiger partial charge in [-0.3, -0.25) is 4.79 Å². The number of anilines is 3. The van der Waals surface area contributed by atoms with E-state index in [4.69, 9.17) is 16.1 Å². The number of hydrogen-bond donors (Lipinski definition) is 2. The largest absolute Gasteiger partial charge is 0.360 e. The molecule has 0 bridgehead atoms. The van der Waals surface area contributed by atoms with Gasteiger partial charge in [-0.2, -0.15) is 0 Å². The van der Waals surface area contributed by atoms with E-state index in [0.29, 0.717) is 26.1 Å². The number of amides is 1. The van der Waals surface area contributed by atoms with Crippen LogP contribution in [0.5, 0.6) is 0 Å². The third-order valence-electron chi connectivity index (χ3n) is 3.60. The van der Waals surface area contributed by atoms with E-state index in [1.54, 1.807) is 19.9 Å². The summed E-state index contributed by atoms with van der Waals surface area (Å²) in [5, 5.41) is 18.8. The van der Waals surface area contributed by atoms with Gasteiger partial charge in [0.1, 0.15) is 5.76 Å². The molecule has 0 aliphatic heterocycles. The molecule has 3 rings (SSSR count). The molecule has 1 unspecified atom stereocenters. The monoisotopic (exact) mass is 423 g/mol. The van der Waals surface area contributed by atoms with Crippen molar-refractivity contribution in [3.8, 4) is 0 Å². The van der Waals surface area contributed by atoms with E-state index in [-0.39, 0.29) is 11.2 Å². The van der Waals surface area contributed by atoms with Gasteiger partial charge in [0.2, 0.25) is 11.0 Å². The molecule has 0 spiro atoms. The lowest BCUT2D eigenvalue weighted by Gasteiger charge is -2.10. The van der Waals surface area contributed by atoms with Gasteiger partial charge in [0.25, 0.3) is 0 Å². The molecule has 10 heteroatoms. The van der Waals surface area contributed by atoms with Crippen molar-refractivity contribution in [2.45, 2.75) is 37.3 Å². The van der Waals surface area contributed by atoms with Crippen molar-refractivity contribution in [1.82, 2.24) is 15.4 Å². The lowest BCUT2D eigenvalue weighted by Crippen LogP contribution is -2.22. The molecule has 0 saturated heterocycles. The van der Waals surface area contributed by atoms with Crippen LogP contribution in [0.25, 0.3) is 0 Å². The van der Waals surface area contributed by atoms with Crippen LogP contribution in [0.4, 0.5) is 16.6 Å². The molecule has 1 amide bonds. The Kier molecular flexibility index (Phi) is 6.03. The second-order valence-electron chi connectivity index (χ2n) is 6.01. The number of nitrogens with one attached hydrogen (secondary N) is 2. The number of hydrogen-bond acceptors (Lipinski definition) is 8. The van der Waals surface area contributed by atoms with Gasteiger partial charge in [-0.1, -0.05) is 45.9 Å². The molecule has 0 aliphatic rings. The Bertz CT molecular complexity index is 949. The van der Waals surface area contributed by atoms with Gasteiger partial charge in [-0.05, 0) is 44.9 Å². The number of halogens is 1. The predicted octanol–water partition coefficient (Wildman–Crippen LogP) is 4.97. The number of nitrogens with zero attached hydrogens (tertiary/aromatic N) is 3. The van der Waals surface area contributed by atoms with Gasteiger partial charge in [0, 0.05) is 6.07 Å². The molecule has 0 saturated carbocycles. The van der Waals surface area contributed by atoms with Gasteiger partial charge in [-0.25, -0.2) is 0 Å². The zero-order valence-corrected chi connectivity index (χ0v) is 17.6. The Hall–Kier alpha value is -2.10. The molecular formula is C17H18ClN5O2S2. The predicted molar refractivity (Wildman–Crippen MR) is 109 cm³/mol. The third-order valence-corrected chi connectivity index (χ3v) is 5.92. The zero-order chi connectivity index (χ0) is 19.6. The highest BCUT2D eigenvalue weighted by Crippen LogP contribution is 2.34. The Morgan fingerprint density at radius 2 is 2.04 bits per heavy atom. The van der Waals surface area contributed by atoms with Gasteiger partial charge in [0.15, 0.2) is 10.2 Å². The summed E-state index contributed by atoms with van der Waals surface area (Å²) in [7, 11) is 0. The highest BCUT2D eigenvalue weighted by molar-refractivity contribution is 8.02. The number of rotatable bonds is 6. The van der Waals surface area contributed by atoms with Crippen molar-refractivity contribution in [3.05, 3.63) is 40.1 Å². The number of benzene rings is 1. The summed E-state index contributed by atoms with van der Waals surface area (Å²) in [6.07, 6.45) is 0. The standard InChI is InChI=1S/C17H18ClN5O2S2/c1-8-5-9(2)14(12(18)6-8)20-16-21-22-17(27-16)26-11(4)15(24)19-13-7-10(3)25-23-13/h5-7,11H,1-4H3,(H,20,21)(H,19,23,24). The number of aryl methyl sites for hydroxylation is 3. The summed E-state index contributed by atoms with van der Waals surface area (Å²) >= 11 is 9.00. The van der Waals surface area contributed by atoms with Crippen LogP contribution in [0.1, 0.15) is 23.8 Å². The van der Waals surface area contributed by atoms with Crippen molar-refractivity contribution in [3.63, 3.8) is 0 Å². The fraction of sp³-hybridized carbons (Fsp3) is 0.294. The molecule has 142 valence electrons. The van der Waals surface area contributed by atoms with Gasteiger partial charge >= 0.3 is 0 Å². The first-order valence-corrected chi connectivity index (χ1v) is 10.2. The van der Waals surface area contributed by atoms with Crippen LogP contribution in [0.2, 0.25) is 5.02 Å². The zero-order valence-electron chi connectivity index (χ0n) is 15.2. The average Bonchev–Trinajstić information content (AvgIpc) is 3.19. The molecule has 1 aromatic carbocycles. The number of carbonyl (C=O) groups excluding carboxylic acids is 1. The molecule has 7 nitrogen and oxygen atoms in total. The minimum Gasteiger partial charge on any atom is -0.360 e. The molecule has 2 aromatic heterocycles. The summed E-state index contributed by atoms with van der Waals surface area (Å²) in [5.74, 6) is 0.847. The van der Waals surface area contributed by atoms with Crippen LogP contribution < -0.4 is 10.6 Å². The number of thioether (sulfide) groups is 1. The van der Waals surface area contributed by atoms with E-state index >= 15 is 0 Å². The highest BCUT2D eigenvalue weighted by atomic mass is 35.5. The Morgan fingerprint density at radius 3 is 2.70 bits per heavy atom. The fourth-order valence-electron chi connectivity index (χ4n) is 2.35. The molecule has 27 heavy (non-hydrogen) atoms. The molecule has 2 heterocycles. The maximum Gasteiger partial charge on any atom is 0.238 e. The molecular weight excluding hydrogens is 406 g/mol. The molecule has 2 N–H and O–H groups in total. The lowest BCUT2D eigenvalue weighted by molar-refractivity contribution is -0.115. The summed E-state index contributed by atoms with van der Waals surface area (Å²) in [4.78, 5) is 12.3. The molecule has 0 fully saturated rings. The summed E-state index contributed by atoms with van der Waals surface area (Å²) in [6.45, 7) is 7.53. The van der Waals surface area contributed by atoms with E-state index in [1.807, 2.05) is 26.0 Å². The van der Waals surface area contributed by atoms with Crippen molar-refractivity contribution in [1.29, 1.82) is 0 Å². The minimum atomic E-state index is -0.368. The van der Waals surface area contributed by atoms with Gasteiger partial charge < -0.3 is 15.2 Å². The molecule has 3 aromatic rings. The fourth-order valence-corrected chi connectivity index (χ4v) is 4.62. The van der Waals surface area contributed by atoms with Crippen LogP contribution >= 0.6 is 34.7 Å². The first-order valence-electron chi connectivity index (χ1n) is 8.10. The van der Waals surface area contributed by atoms with Gasteiger partial charge in [0.05, 0.1) is 16.0 Å². The van der Waals surface area contributed by atoms with Gasteiger partial charge in [-0.15, -0.1) is 10.2 Å². The van der Waals surface area contributed by atoms with E-state index in [9.17, 15) is 4.79 Å². The first-order chi connectivity index (χ1) is 12.8. The van der Waals surface area contributed by atoms with Crippen molar-refractivity contribution in [2.24, 2.45) is 0 Å². The van der Waals surface area contributed by atoms with E-state index in [1.165, 1.54) is 23.1 Å². The number of aromatic nitrogens is 3. The van der Waals surface area contributed by atoms with Crippen LogP contribution in [0.15, 0.2) is 27.1 Å². The lowest BCUT2D eigenvalue weighted by atomic mass is 10.1.